The quantitative estimate of drug-likeness (QED) is 0.528. The number of ketones is 1. The lowest BCUT2D eigenvalue weighted by Crippen LogP contribution is -2.26. The van der Waals surface area contributed by atoms with Gasteiger partial charge < -0.3 is 14.2 Å². The Morgan fingerprint density at radius 1 is 0.968 bits per heavy atom. The zero-order valence-corrected chi connectivity index (χ0v) is 18.3. The van der Waals surface area contributed by atoms with Gasteiger partial charge in [-0.25, -0.2) is 9.48 Å². The van der Waals surface area contributed by atoms with Gasteiger partial charge in [0.1, 0.15) is 0 Å². The van der Waals surface area contributed by atoms with Crippen LogP contribution in [0.2, 0.25) is 0 Å². The average Bonchev–Trinajstić information content (AvgIpc) is 3.22. The number of esters is 1. The van der Waals surface area contributed by atoms with E-state index in [1.54, 1.807) is 58.0 Å². The molecule has 31 heavy (non-hydrogen) atoms. The highest BCUT2D eigenvalue weighted by Crippen LogP contribution is 2.34. The molecule has 1 heterocycles. The first-order valence-corrected chi connectivity index (χ1v) is 9.82. The Morgan fingerprint density at radius 3 is 2.26 bits per heavy atom. The van der Waals surface area contributed by atoms with Gasteiger partial charge in [-0.1, -0.05) is 45.0 Å². The number of Topliss-reactive ketones (excluding diaryl/α,β-unsaturated/α-hetero) is 1. The van der Waals surface area contributed by atoms with Gasteiger partial charge in [-0.05, 0) is 29.8 Å². The number of carbonyl (C=O) groups excluding carboxylic acids is 2. The Labute approximate surface area is 181 Å². The molecule has 0 aliphatic rings. The van der Waals surface area contributed by atoms with Crippen molar-refractivity contribution in [3.8, 4) is 28.3 Å². The van der Waals surface area contributed by atoms with Crippen LogP contribution in [0.3, 0.4) is 0 Å². The largest absolute Gasteiger partial charge is 0.493 e. The topological polar surface area (TPSA) is 79.7 Å². The fourth-order valence-electron chi connectivity index (χ4n) is 2.87. The van der Waals surface area contributed by atoms with Gasteiger partial charge in [0, 0.05) is 17.2 Å². The summed E-state index contributed by atoms with van der Waals surface area (Å²) in [5.74, 6) is 0.254. The molecule has 2 aromatic carbocycles. The van der Waals surface area contributed by atoms with Crippen LogP contribution in [-0.2, 0) is 9.53 Å². The molecule has 0 spiro atoms. The Hall–Kier alpha value is -3.61. The van der Waals surface area contributed by atoms with Crippen molar-refractivity contribution in [1.82, 2.24) is 9.78 Å². The number of nitrogens with zero attached hydrogens (tertiary/aromatic N) is 2. The lowest BCUT2D eigenvalue weighted by molar-refractivity contribution is -0.129. The molecule has 7 heteroatoms. The molecule has 0 radical (unpaired) electrons. The molecule has 0 saturated carbocycles. The normalized spacial score (nSPS) is 11.1. The van der Waals surface area contributed by atoms with Gasteiger partial charge in [-0.3, -0.25) is 4.79 Å². The van der Waals surface area contributed by atoms with Crippen molar-refractivity contribution in [3.05, 3.63) is 60.4 Å². The zero-order valence-electron chi connectivity index (χ0n) is 18.3. The second-order valence-corrected chi connectivity index (χ2v) is 7.99. The number of ether oxygens (including phenoxy) is 3. The van der Waals surface area contributed by atoms with Crippen LogP contribution in [0, 0.1) is 5.41 Å². The molecule has 0 saturated heterocycles. The predicted octanol–water partition coefficient (Wildman–Crippen LogP) is 4.33. The Balaban J connectivity index is 2.02. The summed E-state index contributed by atoms with van der Waals surface area (Å²) in [5, 5.41) is 4.45. The lowest BCUT2D eigenvalue weighted by atomic mass is 9.91. The highest BCUT2D eigenvalue weighted by molar-refractivity contribution is 5.97. The van der Waals surface area contributed by atoms with Crippen LogP contribution in [0.4, 0.5) is 0 Å². The molecule has 0 aliphatic heterocycles. The first-order valence-electron chi connectivity index (χ1n) is 9.82. The Bertz CT molecular complexity index is 1080. The van der Waals surface area contributed by atoms with Gasteiger partial charge in [0.05, 0.1) is 19.9 Å². The molecule has 3 aromatic rings. The summed E-state index contributed by atoms with van der Waals surface area (Å²) in [6.07, 6.45) is 1.75. The maximum Gasteiger partial charge on any atom is 0.359 e. The molecule has 0 amide bonds. The first-order chi connectivity index (χ1) is 14.7. The van der Waals surface area contributed by atoms with Gasteiger partial charge in [-0.15, -0.1) is 0 Å². The van der Waals surface area contributed by atoms with E-state index in [0.29, 0.717) is 22.6 Å². The monoisotopic (exact) mass is 422 g/mol. The van der Waals surface area contributed by atoms with Gasteiger partial charge in [0.25, 0.3) is 0 Å². The molecule has 0 atom stereocenters. The summed E-state index contributed by atoms with van der Waals surface area (Å²) in [4.78, 5) is 25.1. The minimum atomic E-state index is -0.669. The maximum absolute atomic E-state index is 12.9. The lowest BCUT2D eigenvalue weighted by Gasteiger charge is -2.16. The Kier molecular flexibility index (Phi) is 6.44. The number of hydrogen-bond acceptors (Lipinski definition) is 6. The van der Waals surface area contributed by atoms with E-state index in [9.17, 15) is 9.59 Å². The summed E-state index contributed by atoms with van der Waals surface area (Å²) < 4.78 is 17.6. The number of rotatable bonds is 7. The number of para-hydroxylation sites is 1. The minimum Gasteiger partial charge on any atom is -0.493 e. The second kappa shape index (κ2) is 9.04. The summed E-state index contributed by atoms with van der Waals surface area (Å²) in [6, 6.07) is 14.8. The van der Waals surface area contributed by atoms with Crippen LogP contribution in [0.15, 0.2) is 54.7 Å². The van der Waals surface area contributed by atoms with Gasteiger partial charge >= 0.3 is 5.97 Å². The fourth-order valence-corrected chi connectivity index (χ4v) is 2.87. The van der Waals surface area contributed by atoms with Gasteiger partial charge in [0.15, 0.2) is 29.6 Å². The highest BCUT2D eigenvalue weighted by Gasteiger charge is 2.26. The van der Waals surface area contributed by atoms with Crippen molar-refractivity contribution >= 4 is 11.8 Å². The van der Waals surface area contributed by atoms with Crippen molar-refractivity contribution in [1.29, 1.82) is 0 Å². The second-order valence-electron chi connectivity index (χ2n) is 7.99. The van der Waals surface area contributed by atoms with E-state index >= 15 is 0 Å². The molecule has 0 aliphatic carbocycles. The number of hydrogen-bond donors (Lipinski definition) is 0. The van der Waals surface area contributed by atoms with Crippen molar-refractivity contribution in [2.24, 2.45) is 5.41 Å². The summed E-state index contributed by atoms with van der Waals surface area (Å²) in [6.45, 7) is 5.03. The van der Waals surface area contributed by atoms with Crippen molar-refractivity contribution in [3.63, 3.8) is 0 Å². The molecule has 0 fully saturated rings. The number of carbonyl (C=O) groups is 2. The van der Waals surface area contributed by atoms with E-state index in [1.807, 2.05) is 36.4 Å². The minimum absolute atomic E-state index is 0.109. The van der Waals surface area contributed by atoms with Crippen LogP contribution in [0.1, 0.15) is 31.3 Å². The van der Waals surface area contributed by atoms with Gasteiger partial charge in [-0.2, -0.15) is 5.10 Å². The molecule has 0 bridgehead atoms. The van der Waals surface area contributed by atoms with E-state index in [1.165, 1.54) is 0 Å². The third-order valence-electron chi connectivity index (χ3n) is 4.79. The summed E-state index contributed by atoms with van der Waals surface area (Å²) in [5.41, 5.74) is 1.55. The maximum atomic E-state index is 12.9. The van der Waals surface area contributed by atoms with E-state index in [4.69, 9.17) is 14.2 Å². The van der Waals surface area contributed by atoms with E-state index < -0.39 is 11.4 Å². The van der Waals surface area contributed by atoms with E-state index in [0.717, 1.165) is 5.69 Å². The predicted molar refractivity (Wildman–Crippen MR) is 117 cm³/mol. The third-order valence-corrected chi connectivity index (χ3v) is 4.79. The smallest absolute Gasteiger partial charge is 0.359 e. The average molecular weight is 422 g/mol. The first kappa shape index (κ1) is 22.1. The van der Waals surface area contributed by atoms with Crippen molar-refractivity contribution in [2.75, 3.05) is 20.8 Å². The summed E-state index contributed by atoms with van der Waals surface area (Å²) >= 11 is 0. The molecule has 0 unspecified atom stereocenters. The number of aromatic nitrogens is 2. The van der Waals surface area contributed by atoms with Crippen molar-refractivity contribution < 1.29 is 23.8 Å². The molecule has 162 valence electrons. The molecule has 7 nitrogen and oxygen atoms in total. The van der Waals surface area contributed by atoms with E-state index in [2.05, 4.69) is 5.10 Å². The standard InChI is InChI=1S/C24H26N2O5/c1-24(2,3)21(27)15-31-23(28)22-18(14-26(25-22)17-9-7-6-8-10-17)16-11-12-19(29-4)20(13-16)30-5/h6-14H,15H2,1-5H3. The SMILES string of the molecule is COc1ccc(-c2cn(-c3ccccc3)nc2C(=O)OCC(=O)C(C)(C)C)cc1OC. The van der Waals surface area contributed by atoms with Crippen LogP contribution >= 0.6 is 0 Å². The van der Waals surface area contributed by atoms with Crippen molar-refractivity contribution in [2.45, 2.75) is 20.8 Å². The van der Waals surface area contributed by atoms with Crippen LogP contribution in [0.25, 0.3) is 16.8 Å². The molecular formula is C24H26N2O5. The number of methoxy groups -OCH3 is 2. The molecule has 1 aromatic heterocycles. The van der Waals surface area contributed by atoms with Crippen LogP contribution in [-0.4, -0.2) is 42.4 Å². The van der Waals surface area contributed by atoms with Crippen LogP contribution in [0.5, 0.6) is 11.5 Å². The molecule has 0 N–H and O–H groups in total. The molecular weight excluding hydrogens is 396 g/mol. The fraction of sp³-hybridized carbons (Fsp3) is 0.292. The highest BCUT2D eigenvalue weighted by atomic mass is 16.5. The third kappa shape index (κ3) is 4.94. The van der Waals surface area contributed by atoms with E-state index in [-0.39, 0.29) is 18.1 Å². The Morgan fingerprint density at radius 2 is 1.65 bits per heavy atom. The van der Waals surface area contributed by atoms with Crippen LogP contribution < -0.4 is 9.47 Å². The summed E-state index contributed by atoms with van der Waals surface area (Å²) in [7, 11) is 3.10. The zero-order chi connectivity index (χ0) is 22.6. The number of benzene rings is 2. The molecule has 3 rings (SSSR count). The van der Waals surface area contributed by atoms with Gasteiger partial charge in [0.2, 0.25) is 0 Å².